The molecule has 2 aliphatic rings. The molecule has 0 aromatic carbocycles. The van der Waals surface area contributed by atoms with Gasteiger partial charge in [0.25, 0.3) is 0 Å². The minimum absolute atomic E-state index is 0.301. The van der Waals surface area contributed by atoms with Crippen molar-refractivity contribution < 1.29 is 0 Å². The lowest BCUT2D eigenvalue weighted by Crippen LogP contribution is -2.32. The number of hydrogen-bond donors (Lipinski definition) is 1. The van der Waals surface area contributed by atoms with Gasteiger partial charge in [-0.2, -0.15) is 0 Å². The van der Waals surface area contributed by atoms with Gasteiger partial charge < -0.3 is 10.2 Å². The van der Waals surface area contributed by atoms with E-state index in [2.05, 4.69) is 54.2 Å². The molecule has 0 bridgehead atoms. The third-order valence-corrected chi connectivity index (χ3v) is 4.48. The predicted octanol–water partition coefficient (Wildman–Crippen LogP) is 3.52. The molecule has 1 fully saturated rings. The molecule has 21 heavy (non-hydrogen) atoms. The fourth-order valence-corrected chi connectivity index (χ4v) is 2.85. The smallest absolute Gasteiger partial charge is 0.129 e. The molecule has 1 aromatic heterocycles. The number of anilines is 1. The molecule has 0 atom stereocenters. The zero-order valence-electron chi connectivity index (χ0n) is 13.5. The Balaban J connectivity index is 1.64. The van der Waals surface area contributed by atoms with Crippen LogP contribution in [0.2, 0.25) is 0 Å². The maximum atomic E-state index is 4.56. The van der Waals surface area contributed by atoms with Crippen molar-refractivity contribution in [1.29, 1.82) is 0 Å². The third kappa shape index (κ3) is 3.85. The Bertz CT molecular complexity index is 524. The van der Waals surface area contributed by atoms with E-state index < -0.39 is 0 Å². The van der Waals surface area contributed by atoms with E-state index in [1.54, 1.807) is 5.57 Å². The van der Waals surface area contributed by atoms with Crippen LogP contribution >= 0.6 is 0 Å². The zero-order chi connectivity index (χ0) is 14.9. The van der Waals surface area contributed by atoms with Gasteiger partial charge in [0, 0.05) is 31.9 Å². The number of aromatic nitrogens is 1. The van der Waals surface area contributed by atoms with Crippen LogP contribution in [0.25, 0.3) is 0 Å². The molecule has 1 aromatic rings. The van der Waals surface area contributed by atoms with Crippen LogP contribution in [0.4, 0.5) is 5.82 Å². The molecular weight excluding hydrogens is 258 g/mol. The van der Waals surface area contributed by atoms with E-state index in [4.69, 9.17) is 0 Å². The summed E-state index contributed by atoms with van der Waals surface area (Å²) >= 11 is 0. The Morgan fingerprint density at radius 1 is 1.33 bits per heavy atom. The molecule has 0 spiro atoms. The second-order valence-corrected chi connectivity index (χ2v) is 7.35. The van der Waals surface area contributed by atoms with Crippen molar-refractivity contribution in [2.75, 3.05) is 18.0 Å². The van der Waals surface area contributed by atoms with E-state index in [0.29, 0.717) is 5.41 Å². The quantitative estimate of drug-likeness (QED) is 0.858. The average Bonchev–Trinajstić information content (AvgIpc) is 3.29. The van der Waals surface area contributed by atoms with E-state index in [0.717, 1.165) is 37.9 Å². The molecule has 0 unspecified atom stereocenters. The van der Waals surface area contributed by atoms with E-state index in [1.165, 1.54) is 18.4 Å². The first kappa shape index (κ1) is 14.6. The van der Waals surface area contributed by atoms with Gasteiger partial charge in [-0.25, -0.2) is 4.98 Å². The van der Waals surface area contributed by atoms with E-state index in [1.807, 2.05) is 6.20 Å². The highest BCUT2D eigenvalue weighted by atomic mass is 15.2. The van der Waals surface area contributed by atoms with Crippen LogP contribution in [0.1, 0.15) is 45.6 Å². The maximum Gasteiger partial charge on any atom is 0.129 e. The number of rotatable bonds is 4. The van der Waals surface area contributed by atoms with Gasteiger partial charge in [0.15, 0.2) is 0 Å². The molecule has 3 rings (SSSR count). The number of pyridine rings is 1. The summed E-state index contributed by atoms with van der Waals surface area (Å²) in [7, 11) is 0. The first-order chi connectivity index (χ1) is 10.0. The van der Waals surface area contributed by atoms with Crippen LogP contribution in [0.5, 0.6) is 0 Å². The van der Waals surface area contributed by atoms with Crippen molar-refractivity contribution in [2.24, 2.45) is 5.41 Å². The van der Waals surface area contributed by atoms with E-state index in [9.17, 15) is 0 Å². The van der Waals surface area contributed by atoms with Crippen LogP contribution in [-0.2, 0) is 6.54 Å². The minimum atomic E-state index is 0.301. The Kier molecular flexibility index (Phi) is 4.03. The summed E-state index contributed by atoms with van der Waals surface area (Å²) in [6.07, 6.45) is 8.16. The predicted molar refractivity (Wildman–Crippen MR) is 88.5 cm³/mol. The van der Waals surface area contributed by atoms with Gasteiger partial charge in [0.05, 0.1) is 0 Å². The Labute approximate surface area is 128 Å². The van der Waals surface area contributed by atoms with Crippen molar-refractivity contribution in [1.82, 2.24) is 10.3 Å². The summed E-state index contributed by atoms with van der Waals surface area (Å²) in [5.74, 6) is 1.12. The van der Waals surface area contributed by atoms with Crippen LogP contribution < -0.4 is 10.2 Å². The van der Waals surface area contributed by atoms with Crippen molar-refractivity contribution in [3.63, 3.8) is 0 Å². The Morgan fingerprint density at radius 3 is 2.76 bits per heavy atom. The second-order valence-electron chi connectivity index (χ2n) is 7.35. The topological polar surface area (TPSA) is 28.2 Å². The lowest BCUT2D eigenvalue weighted by atomic mass is 9.83. The first-order valence-corrected chi connectivity index (χ1v) is 8.15. The summed E-state index contributed by atoms with van der Waals surface area (Å²) < 4.78 is 0. The van der Waals surface area contributed by atoms with Crippen LogP contribution in [-0.4, -0.2) is 24.1 Å². The van der Waals surface area contributed by atoms with Gasteiger partial charge in [0.2, 0.25) is 0 Å². The van der Waals surface area contributed by atoms with E-state index in [-0.39, 0.29) is 0 Å². The maximum absolute atomic E-state index is 4.56. The van der Waals surface area contributed by atoms with Crippen molar-refractivity contribution in [3.05, 3.63) is 35.5 Å². The van der Waals surface area contributed by atoms with Gasteiger partial charge in [-0.15, -0.1) is 0 Å². The lowest BCUT2D eigenvalue weighted by Gasteiger charge is -2.33. The SMILES string of the molecule is CC(C)(C)C1=CCN(c2cc(CNC3CC3)ccn2)CC1. The van der Waals surface area contributed by atoms with Gasteiger partial charge in [-0.05, 0) is 42.4 Å². The summed E-state index contributed by atoms with van der Waals surface area (Å²) in [4.78, 5) is 6.95. The standard InChI is InChI=1S/C18H27N3/c1-18(2,3)15-7-10-21(11-8-15)17-12-14(6-9-19-17)13-20-16-4-5-16/h6-7,9,12,16,20H,4-5,8,10-11,13H2,1-3H3. The molecule has 3 nitrogen and oxygen atoms in total. The van der Waals surface area contributed by atoms with E-state index >= 15 is 0 Å². The van der Waals surface area contributed by atoms with Gasteiger partial charge >= 0.3 is 0 Å². The van der Waals surface area contributed by atoms with Crippen LogP contribution in [0.3, 0.4) is 0 Å². The molecule has 1 N–H and O–H groups in total. The normalized spacial score (nSPS) is 19.6. The Hall–Kier alpha value is -1.35. The molecule has 114 valence electrons. The molecule has 0 amide bonds. The molecule has 0 radical (unpaired) electrons. The monoisotopic (exact) mass is 285 g/mol. The summed E-state index contributed by atoms with van der Waals surface area (Å²) in [5, 5.41) is 3.57. The molecular formula is C18H27N3. The number of nitrogens with zero attached hydrogens (tertiary/aromatic N) is 2. The number of nitrogens with one attached hydrogen (secondary N) is 1. The highest BCUT2D eigenvalue weighted by Crippen LogP contribution is 2.31. The fraction of sp³-hybridized carbons (Fsp3) is 0.611. The lowest BCUT2D eigenvalue weighted by molar-refractivity contribution is 0.472. The molecule has 2 heterocycles. The minimum Gasteiger partial charge on any atom is -0.353 e. The van der Waals surface area contributed by atoms with Crippen molar-refractivity contribution >= 4 is 5.82 Å². The first-order valence-electron chi connectivity index (χ1n) is 8.15. The van der Waals surface area contributed by atoms with Gasteiger partial charge in [0.1, 0.15) is 5.82 Å². The fourth-order valence-electron chi connectivity index (χ4n) is 2.85. The van der Waals surface area contributed by atoms with Crippen molar-refractivity contribution in [2.45, 2.75) is 52.6 Å². The molecule has 3 heteroatoms. The molecule has 0 saturated heterocycles. The van der Waals surface area contributed by atoms with Gasteiger partial charge in [-0.3, -0.25) is 0 Å². The van der Waals surface area contributed by atoms with Crippen LogP contribution in [0, 0.1) is 5.41 Å². The summed E-state index contributed by atoms with van der Waals surface area (Å²) in [6.45, 7) is 9.94. The largest absolute Gasteiger partial charge is 0.353 e. The molecule has 1 aliphatic heterocycles. The highest BCUT2D eigenvalue weighted by Gasteiger charge is 2.22. The Morgan fingerprint density at radius 2 is 2.14 bits per heavy atom. The average molecular weight is 285 g/mol. The second kappa shape index (κ2) is 5.80. The summed E-state index contributed by atoms with van der Waals surface area (Å²) in [6, 6.07) is 5.12. The number of hydrogen-bond acceptors (Lipinski definition) is 3. The molecule has 1 aliphatic carbocycles. The van der Waals surface area contributed by atoms with Crippen molar-refractivity contribution in [3.8, 4) is 0 Å². The van der Waals surface area contributed by atoms with Crippen LogP contribution in [0.15, 0.2) is 30.0 Å². The zero-order valence-corrected chi connectivity index (χ0v) is 13.5. The van der Waals surface area contributed by atoms with Gasteiger partial charge in [-0.1, -0.05) is 32.4 Å². The highest BCUT2D eigenvalue weighted by molar-refractivity contribution is 5.43. The molecule has 1 saturated carbocycles. The third-order valence-electron chi connectivity index (χ3n) is 4.48. The summed E-state index contributed by atoms with van der Waals surface area (Å²) in [5.41, 5.74) is 3.22.